The van der Waals surface area contributed by atoms with Gasteiger partial charge in [-0.1, -0.05) is 6.58 Å². The summed E-state index contributed by atoms with van der Waals surface area (Å²) < 4.78 is 0. The highest BCUT2D eigenvalue weighted by Gasteiger charge is 1.78. The Bertz CT molecular complexity index is 167. The summed E-state index contributed by atoms with van der Waals surface area (Å²) in [6.45, 7) is 8.70. The maximum Gasteiger partial charge on any atom is 0.0937 e. The van der Waals surface area contributed by atoms with E-state index in [2.05, 4.69) is 6.58 Å². The smallest absolute Gasteiger partial charge is 0.0937 e. The second-order valence-electron chi connectivity index (χ2n) is 2.18. The molecule has 0 aliphatic rings. The van der Waals surface area contributed by atoms with Crippen LogP contribution < -0.4 is 0 Å². The van der Waals surface area contributed by atoms with E-state index in [1.54, 1.807) is 6.92 Å². The number of nitrogens with zero attached hydrogens (tertiary/aromatic N) is 2. The van der Waals surface area contributed by atoms with Gasteiger partial charge in [0, 0.05) is 11.5 Å². The average Bonchev–Trinajstić information content (AvgIpc) is 1.89. The highest BCUT2D eigenvalue weighted by molar-refractivity contribution is 5.11. The molecule has 0 aromatic rings. The van der Waals surface area contributed by atoms with Crippen LogP contribution in [-0.4, -0.2) is 0 Å². The molecule has 0 N–H and O–H groups in total. The van der Waals surface area contributed by atoms with Crippen molar-refractivity contribution in [2.45, 2.75) is 20.8 Å². The molecule has 54 valence electrons. The molecule has 2 heteroatoms. The van der Waals surface area contributed by atoms with Crippen molar-refractivity contribution in [3.63, 3.8) is 0 Å². The first-order valence-corrected chi connectivity index (χ1v) is 2.99. The van der Waals surface area contributed by atoms with Gasteiger partial charge in [-0.3, -0.25) is 0 Å². The Labute approximate surface area is 62.4 Å². The lowest BCUT2D eigenvalue weighted by Gasteiger charge is -1.75. The fraction of sp³-hybridized carbons (Fsp3) is 0.500. The van der Waals surface area contributed by atoms with Crippen molar-refractivity contribution in [1.29, 1.82) is 10.5 Å². The third-order valence-corrected chi connectivity index (χ3v) is 0.449. The van der Waals surface area contributed by atoms with E-state index in [9.17, 15) is 0 Å². The van der Waals surface area contributed by atoms with Crippen LogP contribution in [0, 0.1) is 28.6 Å². The monoisotopic (exact) mass is 136 g/mol. The summed E-state index contributed by atoms with van der Waals surface area (Å²) in [6, 6.07) is 3.86. The Balaban J connectivity index is 0. The highest BCUT2D eigenvalue weighted by atomic mass is 14.2. The first-order chi connectivity index (χ1) is 4.54. The standard InChI is InChI=1S/C4H7N.C4H5N/c2*1-4(2)3-5/h4H,1-2H3;1H2,2H3. The van der Waals surface area contributed by atoms with E-state index in [1.165, 1.54) is 0 Å². The predicted molar refractivity (Wildman–Crippen MR) is 40.9 cm³/mol. The second-order valence-corrected chi connectivity index (χ2v) is 2.18. The number of allylic oxidation sites excluding steroid dienone is 1. The minimum atomic E-state index is 0.190. The van der Waals surface area contributed by atoms with E-state index < -0.39 is 0 Å². The summed E-state index contributed by atoms with van der Waals surface area (Å²) in [5.74, 6) is 0.190. The van der Waals surface area contributed by atoms with E-state index in [-0.39, 0.29) is 5.92 Å². The zero-order chi connectivity index (χ0) is 8.57. The van der Waals surface area contributed by atoms with Crippen LogP contribution in [-0.2, 0) is 0 Å². The van der Waals surface area contributed by atoms with Crippen molar-refractivity contribution in [2.75, 3.05) is 0 Å². The molecule has 0 aromatic carbocycles. The molecule has 10 heavy (non-hydrogen) atoms. The Kier molecular flexibility index (Phi) is 8.88. The second kappa shape index (κ2) is 7.72. The molecule has 0 bridgehead atoms. The molecule has 0 fully saturated rings. The van der Waals surface area contributed by atoms with Crippen LogP contribution >= 0.6 is 0 Å². The SMILES string of the molecule is C=C(C)C#N.CC(C)C#N. The first-order valence-electron chi connectivity index (χ1n) is 2.99. The largest absolute Gasteiger partial charge is 0.198 e. The third kappa shape index (κ3) is 29.7. The summed E-state index contributed by atoms with van der Waals surface area (Å²) in [7, 11) is 0. The summed E-state index contributed by atoms with van der Waals surface area (Å²) in [6.07, 6.45) is 0. The molecule has 0 rings (SSSR count). The Morgan fingerprint density at radius 2 is 1.60 bits per heavy atom. The quantitative estimate of drug-likeness (QED) is 0.479. The van der Waals surface area contributed by atoms with Gasteiger partial charge >= 0.3 is 0 Å². The molecule has 0 aromatic heterocycles. The Morgan fingerprint density at radius 1 is 1.40 bits per heavy atom. The van der Waals surface area contributed by atoms with Gasteiger partial charge in [-0.2, -0.15) is 10.5 Å². The molecule has 0 amide bonds. The Hall–Kier alpha value is -1.28. The van der Waals surface area contributed by atoms with Crippen molar-refractivity contribution in [3.8, 4) is 12.1 Å². The van der Waals surface area contributed by atoms with Gasteiger partial charge < -0.3 is 0 Å². The van der Waals surface area contributed by atoms with Crippen LogP contribution in [0.25, 0.3) is 0 Å². The lowest BCUT2D eigenvalue weighted by atomic mass is 10.3. The van der Waals surface area contributed by atoms with Crippen LogP contribution in [0.2, 0.25) is 0 Å². The van der Waals surface area contributed by atoms with Gasteiger partial charge in [-0.25, -0.2) is 0 Å². The van der Waals surface area contributed by atoms with E-state index in [4.69, 9.17) is 10.5 Å². The van der Waals surface area contributed by atoms with E-state index in [0.29, 0.717) is 5.57 Å². The maximum absolute atomic E-state index is 7.89. The molecule has 0 saturated carbocycles. The number of hydrogen-bond donors (Lipinski definition) is 0. The molecular formula is C8H12N2. The van der Waals surface area contributed by atoms with Crippen molar-refractivity contribution in [1.82, 2.24) is 0 Å². The van der Waals surface area contributed by atoms with Gasteiger partial charge in [-0.15, -0.1) is 0 Å². The van der Waals surface area contributed by atoms with Gasteiger partial charge in [0.15, 0.2) is 0 Å². The van der Waals surface area contributed by atoms with E-state index >= 15 is 0 Å². The topological polar surface area (TPSA) is 47.6 Å². The average molecular weight is 136 g/mol. The normalized spacial score (nSPS) is 6.60. The van der Waals surface area contributed by atoms with Gasteiger partial charge in [0.1, 0.15) is 0 Å². The predicted octanol–water partition coefficient (Wildman–Crippen LogP) is 2.25. The van der Waals surface area contributed by atoms with Crippen LogP contribution in [0.1, 0.15) is 20.8 Å². The zero-order valence-electron chi connectivity index (χ0n) is 6.68. The van der Waals surface area contributed by atoms with Gasteiger partial charge in [-0.05, 0) is 20.8 Å². The number of hydrogen-bond acceptors (Lipinski definition) is 2. The van der Waals surface area contributed by atoms with Crippen molar-refractivity contribution in [3.05, 3.63) is 12.2 Å². The van der Waals surface area contributed by atoms with E-state index in [1.807, 2.05) is 26.0 Å². The van der Waals surface area contributed by atoms with Crippen molar-refractivity contribution >= 4 is 0 Å². The summed E-state index contributed by atoms with van der Waals surface area (Å²) in [4.78, 5) is 0. The zero-order valence-corrected chi connectivity index (χ0v) is 6.68. The lowest BCUT2D eigenvalue weighted by Crippen LogP contribution is -1.72. The molecule has 0 unspecified atom stereocenters. The molecule has 0 saturated heterocycles. The van der Waals surface area contributed by atoms with E-state index in [0.717, 1.165) is 0 Å². The first kappa shape index (κ1) is 11.5. The lowest BCUT2D eigenvalue weighted by molar-refractivity contribution is 0.849. The molecular weight excluding hydrogens is 124 g/mol. The molecule has 0 aliphatic carbocycles. The fourth-order valence-corrected chi connectivity index (χ4v) is 0. The van der Waals surface area contributed by atoms with Gasteiger partial charge in [0.2, 0.25) is 0 Å². The van der Waals surface area contributed by atoms with Crippen LogP contribution in [0.15, 0.2) is 12.2 Å². The van der Waals surface area contributed by atoms with Crippen LogP contribution in [0.5, 0.6) is 0 Å². The number of nitriles is 2. The molecule has 0 heterocycles. The number of rotatable bonds is 0. The molecule has 2 nitrogen and oxygen atoms in total. The minimum Gasteiger partial charge on any atom is -0.198 e. The molecule has 0 spiro atoms. The van der Waals surface area contributed by atoms with Crippen molar-refractivity contribution in [2.24, 2.45) is 5.92 Å². The van der Waals surface area contributed by atoms with Gasteiger partial charge in [0.25, 0.3) is 0 Å². The van der Waals surface area contributed by atoms with Crippen LogP contribution in [0.3, 0.4) is 0 Å². The fourth-order valence-electron chi connectivity index (χ4n) is 0. The highest BCUT2D eigenvalue weighted by Crippen LogP contribution is 1.81. The summed E-state index contributed by atoms with van der Waals surface area (Å²) in [5, 5.41) is 15.7. The van der Waals surface area contributed by atoms with Crippen molar-refractivity contribution < 1.29 is 0 Å². The molecule has 0 aliphatic heterocycles. The summed E-state index contributed by atoms with van der Waals surface area (Å²) in [5.41, 5.74) is 0.560. The molecule has 0 radical (unpaired) electrons. The maximum atomic E-state index is 7.89. The third-order valence-electron chi connectivity index (χ3n) is 0.449. The molecule has 0 atom stereocenters. The Morgan fingerprint density at radius 3 is 1.60 bits per heavy atom. The summed E-state index contributed by atoms with van der Waals surface area (Å²) >= 11 is 0. The minimum absolute atomic E-state index is 0.190. The van der Waals surface area contributed by atoms with Crippen LogP contribution in [0.4, 0.5) is 0 Å². The van der Waals surface area contributed by atoms with Gasteiger partial charge in [0.05, 0.1) is 12.1 Å².